The van der Waals surface area contributed by atoms with Crippen molar-refractivity contribution in [2.75, 3.05) is 32.7 Å². The molecule has 7 nitrogen and oxygen atoms in total. The van der Waals surface area contributed by atoms with Gasteiger partial charge in [-0.25, -0.2) is 8.42 Å². The number of sulfonamides is 1. The normalized spacial score (nSPS) is 14.9. The molecule has 1 fully saturated rings. The Balaban J connectivity index is 1.58. The zero-order chi connectivity index (χ0) is 23.5. The van der Waals surface area contributed by atoms with Crippen LogP contribution in [0.5, 0.6) is 0 Å². The van der Waals surface area contributed by atoms with Gasteiger partial charge in [0, 0.05) is 26.2 Å². The highest BCUT2D eigenvalue weighted by molar-refractivity contribution is 7.89. The van der Waals surface area contributed by atoms with Gasteiger partial charge >= 0.3 is 0 Å². The van der Waals surface area contributed by atoms with Crippen molar-refractivity contribution in [1.29, 1.82) is 0 Å². The van der Waals surface area contributed by atoms with Crippen LogP contribution in [0.3, 0.4) is 0 Å². The maximum Gasteiger partial charge on any atom is 0.243 e. The lowest BCUT2D eigenvalue weighted by Gasteiger charge is -2.34. The number of piperazine rings is 1. The molecular formula is C24H31N3O4S. The molecule has 0 saturated carbocycles. The van der Waals surface area contributed by atoms with Gasteiger partial charge in [-0.1, -0.05) is 36.4 Å². The Morgan fingerprint density at radius 2 is 1.47 bits per heavy atom. The lowest BCUT2D eigenvalue weighted by atomic mass is 10.0. The van der Waals surface area contributed by atoms with Crippen LogP contribution in [0.1, 0.15) is 27.8 Å². The number of nitrogens with zero attached hydrogens (tertiary/aromatic N) is 2. The molecule has 2 aromatic rings. The first kappa shape index (κ1) is 23.9. The predicted octanol–water partition coefficient (Wildman–Crippen LogP) is 2.11. The van der Waals surface area contributed by atoms with E-state index in [0.29, 0.717) is 18.0 Å². The van der Waals surface area contributed by atoms with Gasteiger partial charge in [-0.15, -0.1) is 0 Å². The summed E-state index contributed by atoms with van der Waals surface area (Å²) in [4.78, 5) is 26.6. The number of hydrogen-bond acceptors (Lipinski definition) is 4. The van der Waals surface area contributed by atoms with Crippen molar-refractivity contribution in [3.8, 4) is 0 Å². The van der Waals surface area contributed by atoms with Crippen molar-refractivity contribution in [3.63, 3.8) is 0 Å². The second kappa shape index (κ2) is 9.83. The molecule has 172 valence electrons. The third-order valence-corrected chi connectivity index (χ3v) is 8.30. The Morgan fingerprint density at radius 1 is 0.906 bits per heavy atom. The maximum absolute atomic E-state index is 13.4. The van der Waals surface area contributed by atoms with Crippen LogP contribution >= 0.6 is 0 Å². The summed E-state index contributed by atoms with van der Waals surface area (Å²) in [6.07, 6.45) is 0.217. The highest BCUT2D eigenvalue weighted by atomic mass is 32.2. The minimum absolute atomic E-state index is 0.0896. The van der Waals surface area contributed by atoms with Gasteiger partial charge in [0.05, 0.1) is 17.9 Å². The van der Waals surface area contributed by atoms with Crippen molar-refractivity contribution < 1.29 is 18.0 Å². The predicted molar refractivity (Wildman–Crippen MR) is 124 cm³/mol. The Bertz CT molecular complexity index is 1080. The Hall–Kier alpha value is -2.71. The van der Waals surface area contributed by atoms with Crippen LogP contribution in [0, 0.1) is 27.7 Å². The lowest BCUT2D eigenvalue weighted by molar-refractivity contribution is -0.133. The van der Waals surface area contributed by atoms with Gasteiger partial charge in [-0.3, -0.25) is 9.59 Å². The van der Waals surface area contributed by atoms with Gasteiger partial charge in [0.25, 0.3) is 0 Å². The van der Waals surface area contributed by atoms with E-state index in [2.05, 4.69) is 5.32 Å². The molecule has 0 radical (unpaired) electrons. The Labute approximate surface area is 190 Å². The van der Waals surface area contributed by atoms with Crippen LogP contribution in [-0.2, 0) is 26.0 Å². The molecule has 0 aliphatic carbocycles. The van der Waals surface area contributed by atoms with Crippen molar-refractivity contribution in [3.05, 3.63) is 64.2 Å². The standard InChI is InChI=1S/C24H31N3O4S/c1-17-14-18(2)20(4)24(19(17)3)32(30,31)27-12-10-26(11-13-27)23(29)16-25-22(28)15-21-8-6-5-7-9-21/h5-9,14H,10-13,15-16H2,1-4H3,(H,25,28). The number of aryl methyl sites for hydroxylation is 2. The summed E-state index contributed by atoms with van der Waals surface area (Å²) < 4.78 is 28.2. The van der Waals surface area contributed by atoms with Gasteiger partial charge in [0.1, 0.15) is 0 Å². The van der Waals surface area contributed by atoms with Crippen molar-refractivity contribution in [2.24, 2.45) is 0 Å². The van der Waals surface area contributed by atoms with Gasteiger partial charge < -0.3 is 10.2 Å². The van der Waals surface area contributed by atoms with E-state index in [1.165, 1.54) is 4.31 Å². The number of amides is 2. The molecule has 0 spiro atoms. The summed E-state index contributed by atoms with van der Waals surface area (Å²) in [5, 5.41) is 2.66. The zero-order valence-electron chi connectivity index (χ0n) is 19.1. The highest BCUT2D eigenvalue weighted by Crippen LogP contribution is 2.29. The third kappa shape index (κ3) is 5.19. The maximum atomic E-state index is 13.4. The fourth-order valence-corrected chi connectivity index (χ4v) is 6.00. The van der Waals surface area contributed by atoms with Crippen LogP contribution in [0.4, 0.5) is 0 Å². The first-order valence-electron chi connectivity index (χ1n) is 10.8. The van der Waals surface area contributed by atoms with Gasteiger partial charge in [0.2, 0.25) is 21.8 Å². The molecule has 0 unspecified atom stereocenters. The zero-order valence-corrected chi connectivity index (χ0v) is 20.0. The van der Waals surface area contributed by atoms with Gasteiger partial charge in [-0.2, -0.15) is 4.31 Å². The van der Waals surface area contributed by atoms with E-state index >= 15 is 0 Å². The minimum atomic E-state index is -3.65. The number of carbonyl (C=O) groups is 2. The lowest BCUT2D eigenvalue weighted by Crippen LogP contribution is -2.52. The highest BCUT2D eigenvalue weighted by Gasteiger charge is 2.32. The van der Waals surface area contributed by atoms with Crippen LogP contribution in [-0.4, -0.2) is 62.2 Å². The molecule has 32 heavy (non-hydrogen) atoms. The summed E-state index contributed by atoms with van der Waals surface area (Å²) in [6.45, 7) is 8.50. The Kier molecular flexibility index (Phi) is 7.36. The third-order valence-electron chi connectivity index (χ3n) is 6.13. The number of hydrogen-bond donors (Lipinski definition) is 1. The van der Waals surface area contributed by atoms with Gasteiger partial charge in [-0.05, 0) is 55.5 Å². The molecule has 2 aromatic carbocycles. The van der Waals surface area contributed by atoms with Gasteiger partial charge in [0.15, 0.2) is 0 Å². The van der Waals surface area contributed by atoms with E-state index in [0.717, 1.165) is 27.8 Å². The molecule has 3 rings (SSSR count). The molecule has 1 aliphatic heterocycles. The van der Waals surface area contributed by atoms with E-state index < -0.39 is 10.0 Å². The quantitative estimate of drug-likeness (QED) is 0.720. The second-order valence-corrected chi connectivity index (χ2v) is 10.2. The van der Waals surface area contributed by atoms with Crippen molar-refractivity contribution >= 4 is 21.8 Å². The van der Waals surface area contributed by atoms with E-state index in [1.807, 2.05) is 64.1 Å². The number of benzene rings is 2. The largest absolute Gasteiger partial charge is 0.347 e. The molecule has 1 heterocycles. The van der Waals surface area contributed by atoms with E-state index in [9.17, 15) is 18.0 Å². The topological polar surface area (TPSA) is 86.8 Å². The number of nitrogens with one attached hydrogen (secondary N) is 1. The fraction of sp³-hybridized carbons (Fsp3) is 0.417. The molecule has 0 atom stereocenters. The van der Waals surface area contributed by atoms with Crippen LogP contribution in [0.2, 0.25) is 0 Å². The molecule has 2 amide bonds. The average Bonchev–Trinajstić information content (AvgIpc) is 2.77. The molecule has 1 aliphatic rings. The molecule has 1 N–H and O–H groups in total. The SMILES string of the molecule is Cc1cc(C)c(C)c(S(=O)(=O)N2CCN(C(=O)CNC(=O)Cc3ccccc3)CC2)c1C. The van der Waals surface area contributed by atoms with Crippen LogP contribution < -0.4 is 5.32 Å². The van der Waals surface area contributed by atoms with Crippen molar-refractivity contribution in [1.82, 2.24) is 14.5 Å². The summed E-state index contributed by atoms with van der Waals surface area (Å²) in [7, 11) is -3.65. The van der Waals surface area contributed by atoms with E-state index in [-0.39, 0.29) is 37.9 Å². The molecule has 0 aromatic heterocycles. The molecule has 1 saturated heterocycles. The van der Waals surface area contributed by atoms with Crippen molar-refractivity contribution in [2.45, 2.75) is 39.0 Å². The average molecular weight is 458 g/mol. The fourth-order valence-electron chi connectivity index (χ4n) is 4.00. The number of rotatable bonds is 6. The monoisotopic (exact) mass is 457 g/mol. The minimum Gasteiger partial charge on any atom is -0.347 e. The van der Waals surface area contributed by atoms with E-state index in [1.54, 1.807) is 4.90 Å². The first-order valence-corrected chi connectivity index (χ1v) is 12.2. The molecule has 0 bridgehead atoms. The summed E-state index contributed by atoms with van der Waals surface area (Å²) in [5.74, 6) is -0.422. The summed E-state index contributed by atoms with van der Waals surface area (Å²) in [6, 6.07) is 11.3. The Morgan fingerprint density at radius 3 is 2.03 bits per heavy atom. The summed E-state index contributed by atoms with van der Waals surface area (Å²) in [5.41, 5.74) is 4.33. The van der Waals surface area contributed by atoms with Crippen LogP contribution in [0.15, 0.2) is 41.3 Å². The summed E-state index contributed by atoms with van der Waals surface area (Å²) >= 11 is 0. The number of carbonyl (C=O) groups excluding carboxylic acids is 2. The smallest absolute Gasteiger partial charge is 0.243 e. The molecular weight excluding hydrogens is 426 g/mol. The van der Waals surface area contributed by atoms with E-state index in [4.69, 9.17) is 0 Å². The first-order chi connectivity index (χ1) is 15.1. The second-order valence-electron chi connectivity index (χ2n) is 8.31. The molecule has 8 heteroatoms. The van der Waals surface area contributed by atoms with Crippen LogP contribution in [0.25, 0.3) is 0 Å².